The number of carbonyl (C=O) groups is 1. The maximum absolute atomic E-state index is 12.5. The van der Waals surface area contributed by atoms with Crippen LogP contribution in [0.3, 0.4) is 0 Å². The largest absolute Gasteiger partial charge is 0.318 e. The topological polar surface area (TPSA) is 32.3 Å². The average Bonchev–Trinajstić information content (AvgIpc) is 3.22. The molecule has 1 aromatic rings. The molecule has 3 fully saturated rings. The molecule has 2 saturated carbocycles. The van der Waals surface area contributed by atoms with Crippen LogP contribution in [0.25, 0.3) is 0 Å². The minimum absolute atomic E-state index is 0.104. The summed E-state index contributed by atoms with van der Waals surface area (Å²) < 4.78 is 0. The fraction of sp³-hybridized carbons (Fsp3) is 0.533. The molecule has 18 heavy (non-hydrogen) atoms. The Bertz CT molecular complexity index is 517. The summed E-state index contributed by atoms with van der Waals surface area (Å²) in [5, 5.41) is 3.58. The van der Waals surface area contributed by atoms with Crippen LogP contribution in [0.2, 0.25) is 0 Å². The van der Waals surface area contributed by atoms with E-state index in [1.165, 1.54) is 24.0 Å². The first-order valence-corrected chi connectivity index (χ1v) is 6.87. The smallest absolute Gasteiger partial charge is 0.244 e. The number of hydrogen-bond donors (Lipinski definition) is 1. The molecule has 0 aromatic heterocycles. The average molecular weight is 242 g/mol. The van der Waals surface area contributed by atoms with Crippen molar-refractivity contribution in [3.8, 4) is 0 Å². The standard InChI is InChI=1S/C15H18N2O/c1-10-3-2-4-11(9-10)13-16-15(7-8-15)14(18)17(13)12-5-6-12/h2-4,9,12-13,16H,5-8H2,1H3. The fourth-order valence-corrected chi connectivity index (χ4v) is 3.05. The molecule has 4 rings (SSSR count). The SMILES string of the molecule is Cc1cccc(C2NC3(CC3)C(=O)N2C2CC2)c1. The molecular formula is C15H18N2O. The van der Waals surface area contributed by atoms with Gasteiger partial charge in [-0.1, -0.05) is 29.8 Å². The zero-order chi connectivity index (χ0) is 12.3. The molecule has 2 aliphatic carbocycles. The van der Waals surface area contributed by atoms with Crippen LogP contribution in [0.5, 0.6) is 0 Å². The molecule has 1 unspecified atom stereocenters. The highest BCUT2D eigenvalue weighted by Gasteiger charge is 2.61. The van der Waals surface area contributed by atoms with Gasteiger partial charge in [0.05, 0.1) is 0 Å². The van der Waals surface area contributed by atoms with E-state index in [9.17, 15) is 4.79 Å². The lowest BCUT2D eigenvalue weighted by atomic mass is 10.1. The summed E-state index contributed by atoms with van der Waals surface area (Å²) in [5.41, 5.74) is 2.30. The predicted molar refractivity (Wildman–Crippen MR) is 68.9 cm³/mol. The maximum Gasteiger partial charge on any atom is 0.244 e. The first-order chi connectivity index (χ1) is 8.70. The Morgan fingerprint density at radius 1 is 1.33 bits per heavy atom. The van der Waals surface area contributed by atoms with Gasteiger partial charge in [0.15, 0.2) is 0 Å². The summed E-state index contributed by atoms with van der Waals surface area (Å²) in [5.74, 6) is 0.344. The highest BCUT2D eigenvalue weighted by atomic mass is 16.2. The first-order valence-electron chi connectivity index (χ1n) is 6.87. The molecule has 0 bridgehead atoms. The minimum Gasteiger partial charge on any atom is -0.318 e. The Kier molecular flexibility index (Phi) is 1.97. The first kappa shape index (κ1) is 10.6. The van der Waals surface area contributed by atoms with Gasteiger partial charge in [-0.15, -0.1) is 0 Å². The summed E-state index contributed by atoms with van der Waals surface area (Å²) in [6.45, 7) is 2.11. The van der Waals surface area contributed by atoms with E-state index < -0.39 is 0 Å². The summed E-state index contributed by atoms with van der Waals surface area (Å²) in [6.07, 6.45) is 4.47. The number of rotatable bonds is 2. The number of benzene rings is 1. The van der Waals surface area contributed by atoms with Gasteiger partial charge in [-0.25, -0.2) is 0 Å². The van der Waals surface area contributed by atoms with Gasteiger partial charge in [-0.05, 0) is 38.2 Å². The van der Waals surface area contributed by atoms with Crippen molar-refractivity contribution < 1.29 is 4.79 Å². The van der Waals surface area contributed by atoms with E-state index in [1.54, 1.807) is 0 Å². The summed E-state index contributed by atoms with van der Waals surface area (Å²) >= 11 is 0. The highest BCUT2D eigenvalue weighted by Crippen LogP contribution is 2.49. The maximum atomic E-state index is 12.5. The van der Waals surface area contributed by atoms with Gasteiger partial charge in [-0.2, -0.15) is 0 Å². The second kappa shape index (κ2) is 3.35. The van der Waals surface area contributed by atoms with Crippen molar-refractivity contribution in [2.24, 2.45) is 0 Å². The number of amides is 1. The monoisotopic (exact) mass is 242 g/mol. The molecule has 1 heterocycles. The van der Waals surface area contributed by atoms with E-state index in [-0.39, 0.29) is 11.7 Å². The molecular weight excluding hydrogens is 224 g/mol. The quantitative estimate of drug-likeness (QED) is 0.861. The van der Waals surface area contributed by atoms with Crippen molar-refractivity contribution in [1.29, 1.82) is 0 Å². The second-order valence-electron chi connectivity index (χ2n) is 5.99. The highest BCUT2D eigenvalue weighted by molar-refractivity contribution is 5.92. The molecule has 1 amide bonds. The van der Waals surface area contributed by atoms with E-state index >= 15 is 0 Å². The predicted octanol–water partition coefficient (Wildman–Crippen LogP) is 2.12. The molecule has 3 heteroatoms. The van der Waals surface area contributed by atoms with E-state index in [2.05, 4.69) is 41.4 Å². The van der Waals surface area contributed by atoms with E-state index in [4.69, 9.17) is 0 Å². The van der Waals surface area contributed by atoms with Crippen molar-refractivity contribution in [1.82, 2.24) is 10.2 Å². The molecule has 1 saturated heterocycles. The number of nitrogens with one attached hydrogen (secondary N) is 1. The molecule has 1 atom stereocenters. The van der Waals surface area contributed by atoms with Gasteiger partial charge >= 0.3 is 0 Å². The van der Waals surface area contributed by atoms with Gasteiger partial charge in [0.1, 0.15) is 11.7 Å². The Morgan fingerprint density at radius 3 is 2.72 bits per heavy atom. The van der Waals surface area contributed by atoms with Crippen LogP contribution < -0.4 is 5.32 Å². The number of hydrogen-bond acceptors (Lipinski definition) is 2. The van der Waals surface area contributed by atoms with Crippen molar-refractivity contribution in [3.63, 3.8) is 0 Å². The Morgan fingerprint density at radius 2 is 2.11 bits per heavy atom. The molecule has 3 nitrogen and oxygen atoms in total. The summed E-state index contributed by atoms with van der Waals surface area (Å²) in [7, 11) is 0. The fourth-order valence-electron chi connectivity index (χ4n) is 3.05. The van der Waals surface area contributed by atoms with Crippen LogP contribution in [0, 0.1) is 6.92 Å². The van der Waals surface area contributed by atoms with Crippen LogP contribution in [-0.2, 0) is 4.79 Å². The van der Waals surface area contributed by atoms with Crippen LogP contribution in [-0.4, -0.2) is 22.4 Å². The van der Waals surface area contributed by atoms with E-state index in [1.807, 2.05) is 0 Å². The third kappa shape index (κ3) is 1.43. The Labute approximate surface area is 107 Å². The number of carbonyl (C=O) groups excluding carboxylic acids is 1. The van der Waals surface area contributed by atoms with Crippen LogP contribution in [0.1, 0.15) is 43.0 Å². The van der Waals surface area contributed by atoms with Gasteiger partial charge in [-0.3, -0.25) is 10.1 Å². The van der Waals surface area contributed by atoms with Crippen LogP contribution in [0.15, 0.2) is 24.3 Å². The molecule has 1 aliphatic heterocycles. The van der Waals surface area contributed by atoms with E-state index in [0.717, 1.165) is 12.8 Å². The zero-order valence-corrected chi connectivity index (χ0v) is 10.6. The summed E-state index contributed by atoms with van der Waals surface area (Å²) in [6, 6.07) is 9.00. The van der Waals surface area contributed by atoms with Gasteiger partial charge < -0.3 is 4.90 Å². The third-order valence-electron chi connectivity index (χ3n) is 4.38. The minimum atomic E-state index is -0.197. The number of aryl methyl sites for hydroxylation is 1. The van der Waals surface area contributed by atoms with Crippen molar-refractivity contribution in [2.45, 2.75) is 50.4 Å². The third-order valence-corrected chi connectivity index (χ3v) is 4.38. The van der Waals surface area contributed by atoms with Crippen LogP contribution >= 0.6 is 0 Å². The van der Waals surface area contributed by atoms with Crippen molar-refractivity contribution >= 4 is 5.91 Å². The number of nitrogens with zero attached hydrogens (tertiary/aromatic N) is 1. The van der Waals surface area contributed by atoms with Crippen molar-refractivity contribution in [2.75, 3.05) is 0 Å². The Hall–Kier alpha value is -1.35. The van der Waals surface area contributed by atoms with Gasteiger partial charge in [0, 0.05) is 6.04 Å². The Balaban J connectivity index is 1.72. The van der Waals surface area contributed by atoms with Crippen LogP contribution in [0.4, 0.5) is 0 Å². The molecule has 94 valence electrons. The lowest BCUT2D eigenvalue weighted by Gasteiger charge is -2.24. The molecule has 1 spiro atoms. The molecule has 3 aliphatic rings. The lowest BCUT2D eigenvalue weighted by molar-refractivity contribution is -0.131. The normalized spacial score (nSPS) is 29.1. The molecule has 0 radical (unpaired) electrons. The summed E-state index contributed by atoms with van der Waals surface area (Å²) in [4.78, 5) is 14.6. The zero-order valence-electron chi connectivity index (χ0n) is 10.6. The van der Waals surface area contributed by atoms with Crippen molar-refractivity contribution in [3.05, 3.63) is 35.4 Å². The van der Waals surface area contributed by atoms with Gasteiger partial charge in [0.25, 0.3) is 0 Å². The molecule has 1 aromatic carbocycles. The molecule has 1 N–H and O–H groups in total. The lowest BCUT2D eigenvalue weighted by Crippen LogP contribution is -2.33. The van der Waals surface area contributed by atoms with Gasteiger partial charge in [0.2, 0.25) is 5.91 Å². The second-order valence-corrected chi connectivity index (χ2v) is 5.99. The van der Waals surface area contributed by atoms with E-state index in [0.29, 0.717) is 11.9 Å².